The number of halogens is 1. The number of esters is 1. The molecule has 0 saturated heterocycles. The van der Waals surface area contributed by atoms with Gasteiger partial charge in [-0.05, 0) is 72.3 Å². The van der Waals surface area contributed by atoms with Crippen LogP contribution < -0.4 is 19.6 Å². The molecular weight excluding hydrogens is 531 g/mol. The summed E-state index contributed by atoms with van der Waals surface area (Å²) in [4.78, 5) is 29.9. The summed E-state index contributed by atoms with van der Waals surface area (Å²) in [6, 6.07) is 11.3. The number of hydrogen-bond donors (Lipinski definition) is 0. The monoisotopic (exact) mass is 550 g/mol. The maximum absolute atomic E-state index is 13.0. The van der Waals surface area contributed by atoms with E-state index in [1.807, 2.05) is 43.3 Å². The topological polar surface area (TPSA) is 79.1 Å². The molecule has 0 radical (unpaired) electrons. The van der Waals surface area contributed by atoms with Crippen LogP contribution in [0.1, 0.15) is 19.4 Å². The molecule has 2 heterocycles. The van der Waals surface area contributed by atoms with Gasteiger partial charge in [-0.25, -0.2) is 14.2 Å². The Bertz CT molecular complexity index is 1380. The van der Waals surface area contributed by atoms with Crippen LogP contribution >= 0.6 is 33.9 Å². The summed E-state index contributed by atoms with van der Waals surface area (Å²) in [5.41, 5.74) is 2.28. The molecule has 0 N–H and O–H groups in total. The Morgan fingerprint density at radius 3 is 2.77 bits per heavy atom. The molecule has 2 aromatic heterocycles. The lowest BCUT2D eigenvalue weighted by molar-refractivity contribution is -0.145. The van der Waals surface area contributed by atoms with Gasteiger partial charge in [-0.2, -0.15) is 0 Å². The van der Waals surface area contributed by atoms with Crippen LogP contribution in [0.25, 0.3) is 22.1 Å². The van der Waals surface area contributed by atoms with Crippen LogP contribution in [-0.2, 0) is 9.53 Å². The normalized spacial score (nSPS) is 11.9. The summed E-state index contributed by atoms with van der Waals surface area (Å²) >= 11 is 3.47. The van der Waals surface area contributed by atoms with Gasteiger partial charge in [-0.3, -0.25) is 4.79 Å². The lowest BCUT2D eigenvalue weighted by Crippen LogP contribution is -2.22. The van der Waals surface area contributed by atoms with Crippen molar-refractivity contribution in [3.05, 3.63) is 60.4 Å². The second kappa shape index (κ2) is 9.23. The van der Waals surface area contributed by atoms with Gasteiger partial charge < -0.3 is 14.2 Å². The van der Waals surface area contributed by atoms with Gasteiger partial charge in [0, 0.05) is 0 Å². The molecule has 0 amide bonds. The van der Waals surface area contributed by atoms with Crippen LogP contribution in [0.3, 0.4) is 0 Å². The highest BCUT2D eigenvalue weighted by Gasteiger charge is 2.15. The molecule has 0 saturated carbocycles. The summed E-state index contributed by atoms with van der Waals surface area (Å²) in [7, 11) is 0. The number of hydrogen-bond acceptors (Lipinski definition) is 7. The predicted octanol–water partition coefficient (Wildman–Crippen LogP) is 3.40. The largest absolute Gasteiger partial charge is 0.490 e. The minimum atomic E-state index is -0.443. The van der Waals surface area contributed by atoms with Gasteiger partial charge in [-0.15, -0.1) is 0 Å². The smallest absolute Gasteiger partial charge is 0.344 e. The third-order valence-corrected chi connectivity index (χ3v) is 6.18. The van der Waals surface area contributed by atoms with Crippen LogP contribution in [0.2, 0.25) is 0 Å². The second-order valence-electron chi connectivity index (χ2n) is 6.49. The Hall–Kier alpha value is -2.66. The van der Waals surface area contributed by atoms with Crippen LogP contribution in [0, 0.1) is 3.57 Å². The highest BCUT2D eigenvalue weighted by Crippen LogP contribution is 2.34. The molecule has 9 heteroatoms. The number of benzene rings is 2. The fourth-order valence-corrected chi connectivity index (χ4v) is 4.94. The number of para-hydroxylation sites is 2. The van der Waals surface area contributed by atoms with Crippen molar-refractivity contribution >= 4 is 62.0 Å². The molecule has 0 aliphatic heterocycles. The molecule has 160 valence electrons. The van der Waals surface area contributed by atoms with Crippen LogP contribution in [0.15, 0.2) is 41.2 Å². The Balaban J connectivity index is 1.74. The molecule has 0 aliphatic rings. The Labute approximate surface area is 195 Å². The third-order valence-electron chi connectivity index (χ3n) is 4.41. The van der Waals surface area contributed by atoms with E-state index >= 15 is 0 Å². The number of imidazole rings is 1. The fraction of sp³-hybridized carbons (Fsp3) is 0.227. The number of carbonyl (C=O) groups excluding carboxylic acids is 1. The Morgan fingerprint density at radius 2 is 2.00 bits per heavy atom. The van der Waals surface area contributed by atoms with E-state index in [1.165, 1.54) is 11.3 Å². The van der Waals surface area contributed by atoms with Crippen LogP contribution in [0.5, 0.6) is 11.5 Å². The van der Waals surface area contributed by atoms with Crippen molar-refractivity contribution in [1.82, 2.24) is 9.38 Å². The van der Waals surface area contributed by atoms with Crippen molar-refractivity contribution in [1.29, 1.82) is 0 Å². The molecule has 0 unspecified atom stereocenters. The lowest BCUT2D eigenvalue weighted by Gasteiger charge is -2.14. The fourth-order valence-electron chi connectivity index (χ4n) is 3.17. The van der Waals surface area contributed by atoms with Gasteiger partial charge in [0.1, 0.15) is 0 Å². The number of nitrogens with zero attached hydrogens (tertiary/aromatic N) is 2. The number of rotatable bonds is 7. The first kappa shape index (κ1) is 21.6. The van der Waals surface area contributed by atoms with Crippen molar-refractivity contribution in [2.45, 2.75) is 13.8 Å². The van der Waals surface area contributed by atoms with E-state index in [0.29, 0.717) is 34.2 Å². The van der Waals surface area contributed by atoms with Crippen molar-refractivity contribution in [2.75, 3.05) is 19.8 Å². The van der Waals surface area contributed by atoms with Gasteiger partial charge >= 0.3 is 5.97 Å². The first-order valence-corrected chi connectivity index (χ1v) is 11.6. The first-order valence-electron chi connectivity index (χ1n) is 9.68. The Kier molecular flexibility index (Phi) is 6.42. The van der Waals surface area contributed by atoms with Crippen molar-refractivity contribution in [2.24, 2.45) is 0 Å². The number of ether oxygens (including phenoxy) is 3. The van der Waals surface area contributed by atoms with Gasteiger partial charge in [0.25, 0.3) is 5.56 Å². The lowest BCUT2D eigenvalue weighted by atomic mass is 10.2. The minimum Gasteiger partial charge on any atom is -0.490 e. The summed E-state index contributed by atoms with van der Waals surface area (Å²) in [5, 5.41) is 0. The van der Waals surface area contributed by atoms with E-state index in [1.54, 1.807) is 17.4 Å². The standard InChI is InChI=1S/C22H19IN2O5S/c1-3-28-17-10-13(9-14(23)20(17)30-12-19(26)29-4-2)11-18-21(27)25-16-8-6-5-7-15(16)24-22(25)31-18/h5-11H,3-4,12H2,1-2H3/b18-11-. The van der Waals surface area contributed by atoms with Crippen molar-refractivity contribution < 1.29 is 19.0 Å². The van der Waals surface area contributed by atoms with Crippen molar-refractivity contribution in [3.63, 3.8) is 0 Å². The number of carbonyl (C=O) groups is 1. The zero-order valence-corrected chi connectivity index (χ0v) is 19.9. The molecule has 0 spiro atoms. The third kappa shape index (κ3) is 4.38. The zero-order valence-electron chi connectivity index (χ0n) is 16.9. The number of aromatic nitrogens is 2. The van der Waals surface area contributed by atoms with E-state index in [-0.39, 0.29) is 12.2 Å². The molecular formula is C22H19IN2O5S. The zero-order chi connectivity index (χ0) is 22.0. The second-order valence-corrected chi connectivity index (χ2v) is 8.66. The number of fused-ring (bicyclic) bond motifs is 3. The molecule has 0 atom stereocenters. The number of thiazole rings is 1. The average molecular weight is 550 g/mol. The average Bonchev–Trinajstić information content (AvgIpc) is 3.24. The van der Waals surface area contributed by atoms with Crippen LogP contribution in [-0.4, -0.2) is 35.2 Å². The summed E-state index contributed by atoms with van der Waals surface area (Å²) < 4.78 is 19.3. The van der Waals surface area contributed by atoms with E-state index < -0.39 is 5.97 Å². The quantitative estimate of drug-likeness (QED) is 0.259. The molecule has 31 heavy (non-hydrogen) atoms. The highest BCUT2D eigenvalue weighted by molar-refractivity contribution is 14.1. The Morgan fingerprint density at radius 1 is 1.19 bits per heavy atom. The maximum Gasteiger partial charge on any atom is 0.344 e. The van der Waals surface area contributed by atoms with Gasteiger partial charge in [0.15, 0.2) is 23.1 Å². The predicted molar refractivity (Wildman–Crippen MR) is 128 cm³/mol. The molecule has 0 aliphatic carbocycles. The molecule has 4 aromatic rings. The van der Waals surface area contributed by atoms with E-state index in [2.05, 4.69) is 27.6 Å². The SMILES string of the molecule is CCOC(=O)COc1c(I)cc(/C=c2\sc3nc4ccccc4n3c2=O)cc1OCC. The molecule has 4 rings (SSSR count). The minimum absolute atomic E-state index is 0.107. The molecule has 7 nitrogen and oxygen atoms in total. The van der Waals surface area contributed by atoms with Gasteiger partial charge in [0.2, 0.25) is 0 Å². The summed E-state index contributed by atoms with van der Waals surface area (Å²) in [6.45, 7) is 4.14. The molecule has 2 aromatic carbocycles. The molecule has 0 fully saturated rings. The first-order chi connectivity index (χ1) is 15.0. The van der Waals surface area contributed by atoms with E-state index in [9.17, 15) is 9.59 Å². The maximum atomic E-state index is 13.0. The van der Waals surface area contributed by atoms with Gasteiger partial charge in [-0.1, -0.05) is 23.5 Å². The van der Waals surface area contributed by atoms with Gasteiger partial charge in [0.05, 0.1) is 32.3 Å². The highest BCUT2D eigenvalue weighted by atomic mass is 127. The summed E-state index contributed by atoms with van der Waals surface area (Å²) in [6.07, 6.45) is 1.82. The summed E-state index contributed by atoms with van der Waals surface area (Å²) in [5.74, 6) is 0.535. The van der Waals surface area contributed by atoms with E-state index in [4.69, 9.17) is 14.2 Å². The van der Waals surface area contributed by atoms with Crippen molar-refractivity contribution in [3.8, 4) is 11.5 Å². The molecule has 0 bridgehead atoms. The van der Waals surface area contributed by atoms with E-state index in [0.717, 1.165) is 20.2 Å². The van der Waals surface area contributed by atoms with Crippen LogP contribution in [0.4, 0.5) is 0 Å².